The molecular formula is C16H18ClN3O3. The lowest BCUT2D eigenvalue weighted by Gasteiger charge is -2.10. The first kappa shape index (κ1) is 17.0. The molecule has 7 heteroatoms. The van der Waals surface area contributed by atoms with E-state index in [1.54, 1.807) is 6.92 Å². The number of hydrogen-bond acceptors (Lipinski definition) is 5. The number of carbonyl (C=O) groups is 1. The van der Waals surface area contributed by atoms with Crippen LogP contribution in [0.25, 0.3) is 0 Å². The Morgan fingerprint density at radius 2 is 2.09 bits per heavy atom. The predicted molar refractivity (Wildman–Crippen MR) is 88.8 cm³/mol. The number of nitrogens with zero attached hydrogens (tertiary/aromatic N) is 2. The van der Waals surface area contributed by atoms with Crippen molar-refractivity contribution in [2.75, 3.05) is 18.5 Å². The van der Waals surface area contributed by atoms with Crippen molar-refractivity contribution in [1.29, 1.82) is 0 Å². The first-order valence-corrected chi connectivity index (χ1v) is 7.68. The molecule has 6 nitrogen and oxygen atoms in total. The van der Waals surface area contributed by atoms with Crippen LogP contribution in [0.2, 0.25) is 5.15 Å². The Balaban J connectivity index is 2.05. The van der Waals surface area contributed by atoms with Gasteiger partial charge in [0.25, 0.3) is 5.56 Å². The molecule has 2 rings (SSSR count). The smallest absolute Gasteiger partial charge is 0.326 e. The molecule has 0 radical (unpaired) electrons. The van der Waals surface area contributed by atoms with Crippen LogP contribution in [0.15, 0.2) is 41.3 Å². The van der Waals surface area contributed by atoms with Gasteiger partial charge in [-0.25, -0.2) is 4.98 Å². The first-order valence-electron chi connectivity index (χ1n) is 7.30. The van der Waals surface area contributed by atoms with Gasteiger partial charge in [-0.3, -0.25) is 14.2 Å². The molecule has 0 aliphatic carbocycles. The van der Waals surface area contributed by atoms with E-state index in [1.807, 2.05) is 30.3 Å². The van der Waals surface area contributed by atoms with Gasteiger partial charge in [0.15, 0.2) is 5.82 Å². The van der Waals surface area contributed by atoms with Crippen LogP contribution in [-0.4, -0.2) is 28.7 Å². The highest BCUT2D eigenvalue weighted by atomic mass is 35.5. The Bertz CT molecular complexity index is 716. The van der Waals surface area contributed by atoms with Gasteiger partial charge in [0, 0.05) is 6.54 Å². The second-order valence-corrected chi connectivity index (χ2v) is 5.18. The minimum absolute atomic E-state index is 0.0941. The Morgan fingerprint density at radius 3 is 2.78 bits per heavy atom. The maximum Gasteiger partial charge on any atom is 0.326 e. The SMILES string of the molecule is CCOC(=O)Cn1c(Cl)cnc(NCCc2ccccc2)c1=O. The molecule has 0 unspecified atom stereocenters. The third-order valence-corrected chi connectivity index (χ3v) is 3.45. The van der Waals surface area contributed by atoms with Crippen molar-refractivity contribution in [2.45, 2.75) is 19.9 Å². The molecule has 1 heterocycles. The Kier molecular flexibility index (Phi) is 6.17. The second kappa shape index (κ2) is 8.33. The summed E-state index contributed by atoms with van der Waals surface area (Å²) in [5, 5.41) is 3.07. The van der Waals surface area contributed by atoms with Crippen molar-refractivity contribution >= 4 is 23.4 Å². The van der Waals surface area contributed by atoms with E-state index in [0.717, 1.165) is 16.6 Å². The number of rotatable bonds is 7. The van der Waals surface area contributed by atoms with Gasteiger partial charge in [0.05, 0.1) is 12.8 Å². The highest BCUT2D eigenvalue weighted by molar-refractivity contribution is 6.29. The highest BCUT2D eigenvalue weighted by Gasteiger charge is 2.12. The van der Waals surface area contributed by atoms with Crippen molar-refractivity contribution in [2.24, 2.45) is 0 Å². The van der Waals surface area contributed by atoms with Crippen LogP contribution < -0.4 is 10.9 Å². The van der Waals surface area contributed by atoms with Crippen molar-refractivity contribution in [3.8, 4) is 0 Å². The molecule has 0 aliphatic heterocycles. The number of hydrogen-bond donors (Lipinski definition) is 1. The third-order valence-electron chi connectivity index (χ3n) is 3.15. The quantitative estimate of drug-likeness (QED) is 0.784. The van der Waals surface area contributed by atoms with Crippen LogP contribution in [0.1, 0.15) is 12.5 Å². The second-order valence-electron chi connectivity index (χ2n) is 4.79. The maximum atomic E-state index is 12.3. The largest absolute Gasteiger partial charge is 0.465 e. The summed E-state index contributed by atoms with van der Waals surface area (Å²) in [6.07, 6.45) is 2.09. The molecule has 1 aromatic carbocycles. The Labute approximate surface area is 139 Å². The zero-order chi connectivity index (χ0) is 16.7. The zero-order valence-electron chi connectivity index (χ0n) is 12.8. The Hall–Kier alpha value is -2.34. The van der Waals surface area contributed by atoms with Gasteiger partial charge in [-0.2, -0.15) is 0 Å². The highest BCUT2D eigenvalue weighted by Crippen LogP contribution is 2.07. The molecule has 23 heavy (non-hydrogen) atoms. The molecule has 1 N–H and O–H groups in total. The summed E-state index contributed by atoms with van der Waals surface area (Å²) in [6.45, 7) is 2.26. The van der Waals surface area contributed by atoms with Gasteiger partial charge in [0.2, 0.25) is 0 Å². The monoisotopic (exact) mass is 335 g/mol. The molecule has 0 bridgehead atoms. The maximum absolute atomic E-state index is 12.3. The molecule has 122 valence electrons. The van der Waals surface area contributed by atoms with Crippen LogP contribution in [0.5, 0.6) is 0 Å². The number of ether oxygens (including phenoxy) is 1. The number of benzene rings is 1. The summed E-state index contributed by atoms with van der Waals surface area (Å²) >= 11 is 5.94. The molecule has 0 amide bonds. The average Bonchev–Trinajstić information content (AvgIpc) is 2.55. The van der Waals surface area contributed by atoms with Crippen molar-refractivity contribution in [3.63, 3.8) is 0 Å². The Morgan fingerprint density at radius 1 is 1.35 bits per heavy atom. The lowest BCUT2D eigenvalue weighted by molar-refractivity contribution is -0.143. The van der Waals surface area contributed by atoms with Gasteiger partial charge in [0.1, 0.15) is 11.7 Å². The van der Waals surface area contributed by atoms with Crippen molar-refractivity contribution < 1.29 is 9.53 Å². The number of anilines is 1. The molecule has 0 aliphatic rings. The molecule has 0 fully saturated rings. The standard InChI is InChI=1S/C16H18ClN3O3/c1-2-23-14(21)11-20-13(17)10-19-15(16(20)22)18-9-8-12-6-4-3-5-7-12/h3-7,10H,2,8-9,11H2,1H3,(H,18,19). The molecule has 2 aromatic rings. The fraction of sp³-hybridized carbons (Fsp3) is 0.312. The van der Waals surface area contributed by atoms with E-state index >= 15 is 0 Å². The van der Waals surface area contributed by atoms with Crippen molar-refractivity contribution in [1.82, 2.24) is 9.55 Å². The number of carbonyl (C=O) groups excluding carboxylic acids is 1. The van der Waals surface area contributed by atoms with Crippen LogP contribution in [0.3, 0.4) is 0 Å². The van der Waals surface area contributed by atoms with Gasteiger partial charge in [-0.05, 0) is 18.9 Å². The summed E-state index contributed by atoms with van der Waals surface area (Å²) in [5.74, 6) is -0.354. The number of halogens is 1. The van der Waals surface area contributed by atoms with E-state index < -0.39 is 11.5 Å². The number of esters is 1. The van der Waals surface area contributed by atoms with E-state index in [4.69, 9.17) is 16.3 Å². The summed E-state index contributed by atoms with van der Waals surface area (Å²) in [5.41, 5.74) is 0.708. The number of nitrogens with one attached hydrogen (secondary N) is 1. The lowest BCUT2D eigenvalue weighted by atomic mass is 10.1. The van der Waals surface area contributed by atoms with Crippen LogP contribution in [0, 0.1) is 0 Å². The molecule has 0 saturated carbocycles. The van der Waals surface area contributed by atoms with Crippen LogP contribution in [-0.2, 0) is 22.5 Å². The molecule has 0 atom stereocenters. The van der Waals surface area contributed by atoms with E-state index in [0.29, 0.717) is 6.54 Å². The van der Waals surface area contributed by atoms with Gasteiger partial charge in [-0.15, -0.1) is 0 Å². The molecule has 0 spiro atoms. The van der Waals surface area contributed by atoms with Crippen LogP contribution >= 0.6 is 11.6 Å². The number of aromatic nitrogens is 2. The van der Waals surface area contributed by atoms with E-state index in [1.165, 1.54) is 6.20 Å². The lowest BCUT2D eigenvalue weighted by Crippen LogP contribution is -2.29. The van der Waals surface area contributed by atoms with Crippen LogP contribution in [0.4, 0.5) is 5.82 Å². The summed E-state index contributed by atoms with van der Waals surface area (Å²) < 4.78 is 5.97. The average molecular weight is 336 g/mol. The summed E-state index contributed by atoms with van der Waals surface area (Å²) in [6, 6.07) is 9.89. The van der Waals surface area contributed by atoms with E-state index in [9.17, 15) is 9.59 Å². The molecule has 0 saturated heterocycles. The van der Waals surface area contributed by atoms with Gasteiger partial charge >= 0.3 is 5.97 Å². The summed E-state index contributed by atoms with van der Waals surface area (Å²) in [4.78, 5) is 27.9. The zero-order valence-corrected chi connectivity index (χ0v) is 13.5. The van der Waals surface area contributed by atoms with Gasteiger partial charge in [-0.1, -0.05) is 41.9 Å². The first-order chi connectivity index (χ1) is 11.1. The minimum Gasteiger partial charge on any atom is -0.465 e. The normalized spacial score (nSPS) is 10.3. The minimum atomic E-state index is -0.516. The molecular weight excluding hydrogens is 318 g/mol. The fourth-order valence-electron chi connectivity index (χ4n) is 2.04. The predicted octanol–water partition coefficient (Wildman–Crippen LogP) is 2.11. The van der Waals surface area contributed by atoms with Gasteiger partial charge < -0.3 is 10.1 Å². The topological polar surface area (TPSA) is 73.2 Å². The summed E-state index contributed by atoms with van der Waals surface area (Å²) in [7, 11) is 0. The van der Waals surface area contributed by atoms with E-state index in [-0.39, 0.29) is 24.1 Å². The van der Waals surface area contributed by atoms with Crippen molar-refractivity contribution in [3.05, 3.63) is 57.6 Å². The third kappa shape index (κ3) is 4.82. The molecule has 1 aromatic heterocycles. The van der Waals surface area contributed by atoms with E-state index in [2.05, 4.69) is 10.3 Å². The fourth-order valence-corrected chi connectivity index (χ4v) is 2.23.